The Balaban J connectivity index is 2.41. The molecule has 2 rings (SSSR count). The van der Waals surface area contributed by atoms with Crippen molar-refractivity contribution in [3.8, 4) is 10.6 Å². The van der Waals surface area contributed by atoms with Crippen LogP contribution in [0.15, 0.2) is 24.1 Å². The first-order valence-electron chi connectivity index (χ1n) is 4.48. The first-order chi connectivity index (χ1) is 6.77. The lowest BCUT2D eigenvalue weighted by Gasteiger charge is -2.04. The monoisotopic (exact) mass is 205 g/mol. The van der Waals surface area contributed by atoms with Crippen LogP contribution in [0.1, 0.15) is 25.5 Å². The molecule has 0 aliphatic carbocycles. The Morgan fingerprint density at radius 3 is 2.79 bits per heavy atom. The van der Waals surface area contributed by atoms with E-state index in [1.807, 2.05) is 17.8 Å². The average molecular weight is 205 g/mol. The van der Waals surface area contributed by atoms with Gasteiger partial charge in [-0.05, 0) is 12.0 Å². The van der Waals surface area contributed by atoms with Crippen LogP contribution < -0.4 is 0 Å². The second kappa shape index (κ2) is 3.84. The fraction of sp³-hybridized carbons (Fsp3) is 0.300. The molecule has 0 atom stereocenters. The van der Waals surface area contributed by atoms with E-state index in [9.17, 15) is 0 Å². The van der Waals surface area contributed by atoms with E-state index in [0.717, 1.165) is 16.3 Å². The van der Waals surface area contributed by atoms with Crippen LogP contribution in [0.5, 0.6) is 0 Å². The van der Waals surface area contributed by atoms with Crippen LogP contribution in [0.4, 0.5) is 0 Å². The van der Waals surface area contributed by atoms with Crippen molar-refractivity contribution in [1.82, 2.24) is 15.0 Å². The van der Waals surface area contributed by atoms with Crippen LogP contribution in [0.3, 0.4) is 0 Å². The molecule has 0 spiro atoms. The number of aromatic nitrogens is 3. The van der Waals surface area contributed by atoms with E-state index in [0.29, 0.717) is 5.92 Å². The molecule has 0 radical (unpaired) electrons. The first kappa shape index (κ1) is 9.27. The number of hydrogen-bond acceptors (Lipinski definition) is 4. The van der Waals surface area contributed by atoms with E-state index < -0.39 is 0 Å². The maximum atomic E-state index is 4.22. The molecule has 0 aliphatic heterocycles. The SMILES string of the molecule is CC(C)c1cc(-c2cncs2)ncn1. The van der Waals surface area contributed by atoms with E-state index in [4.69, 9.17) is 0 Å². The topological polar surface area (TPSA) is 38.7 Å². The lowest BCUT2D eigenvalue weighted by Crippen LogP contribution is -1.94. The van der Waals surface area contributed by atoms with Gasteiger partial charge in [0, 0.05) is 11.9 Å². The van der Waals surface area contributed by atoms with Crippen molar-refractivity contribution in [2.45, 2.75) is 19.8 Å². The van der Waals surface area contributed by atoms with Crippen molar-refractivity contribution in [3.05, 3.63) is 29.8 Å². The van der Waals surface area contributed by atoms with Gasteiger partial charge in [-0.15, -0.1) is 11.3 Å². The van der Waals surface area contributed by atoms with E-state index in [1.165, 1.54) is 0 Å². The smallest absolute Gasteiger partial charge is 0.116 e. The average Bonchev–Trinajstić information content (AvgIpc) is 2.71. The molecular weight excluding hydrogens is 194 g/mol. The van der Waals surface area contributed by atoms with Gasteiger partial charge < -0.3 is 0 Å². The van der Waals surface area contributed by atoms with Gasteiger partial charge in [-0.3, -0.25) is 4.98 Å². The number of thiazole rings is 1. The zero-order valence-corrected chi connectivity index (χ0v) is 8.95. The zero-order chi connectivity index (χ0) is 9.97. The number of nitrogens with zero attached hydrogens (tertiary/aromatic N) is 3. The van der Waals surface area contributed by atoms with Gasteiger partial charge in [0.1, 0.15) is 6.33 Å². The van der Waals surface area contributed by atoms with Crippen LogP contribution >= 0.6 is 11.3 Å². The minimum atomic E-state index is 0.435. The highest BCUT2D eigenvalue weighted by molar-refractivity contribution is 7.13. The van der Waals surface area contributed by atoms with Crippen LogP contribution in [0.25, 0.3) is 10.6 Å². The standard InChI is InChI=1S/C10H11N3S/c1-7(2)8-3-9(13-5-12-8)10-4-11-6-14-10/h3-7H,1-2H3. The highest BCUT2D eigenvalue weighted by Crippen LogP contribution is 2.22. The zero-order valence-electron chi connectivity index (χ0n) is 8.14. The number of rotatable bonds is 2. The normalized spacial score (nSPS) is 10.8. The van der Waals surface area contributed by atoms with Crippen molar-refractivity contribution in [3.63, 3.8) is 0 Å². The van der Waals surface area contributed by atoms with Gasteiger partial charge in [-0.1, -0.05) is 13.8 Å². The van der Waals surface area contributed by atoms with E-state index in [2.05, 4.69) is 28.8 Å². The lowest BCUT2D eigenvalue weighted by molar-refractivity contribution is 0.815. The van der Waals surface area contributed by atoms with Gasteiger partial charge >= 0.3 is 0 Å². The minimum Gasteiger partial charge on any atom is -0.252 e. The Kier molecular flexibility index (Phi) is 2.54. The van der Waals surface area contributed by atoms with Gasteiger partial charge in [0.2, 0.25) is 0 Å². The van der Waals surface area contributed by atoms with Gasteiger partial charge in [0.25, 0.3) is 0 Å². The molecule has 72 valence electrons. The predicted molar refractivity (Wildman–Crippen MR) is 57.2 cm³/mol. The van der Waals surface area contributed by atoms with E-state index >= 15 is 0 Å². The minimum absolute atomic E-state index is 0.435. The Morgan fingerprint density at radius 1 is 1.29 bits per heavy atom. The van der Waals surface area contributed by atoms with Gasteiger partial charge in [0.05, 0.1) is 16.1 Å². The third-order valence-corrected chi connectivity index (χ3v) is 2.76. The molecule has 0 fully saturated rings. The third-order valence-electron chi connectivity index (χ3n) is 1.96. The van der Waals surface area contributed by atoms with E-state index in [-0.39, 0.29) is 0 Å². The Labute approximate surface area is 86.9 Å². The fourth-order valence-corrected chi connectivity index (χ4v) is 1.75. The van der Waals surface area contributed by atoms with Crippen LogP contribution in [0, 0.1) is 0 Å². The van der Waals surface area contributed by atoms with Crippen molar-refractivity contribution < 1.29 is 0 Å². The Bertz CT molecular complexity index is 409. The summed E-state index contributed by atoms with van der Waals surface area (Å²) in [6.07, 6.45) is 3.45. The first-order valence-corrected chi connectivity index (χ1v) is 5.36. The van der Waals surface area contributed by atoms with Gasteiger partial charge in [-0.25, -0.2) is 9.97 Å². The molecule has 2 heterocycles. The molecule has 0 unspecified atom stereocenters. The molecule has 0 bridgehead atoms. The second-order valence-corrected chi connectivity index (χ2v) is 4.23. The molecular formula is C10H11N3S. The van der Waals surface area contributed by atoms with Crippen molar-refractivity contribution in [1.29, 1.82) is 0 Å². The fourth-order valence-electron chi connectivity index (χ4n) is 1.17. The quantitative estimate of drug-likeness (QED) is 0.756. The predicted octanol–water partition coefficient (Wildman–Crippen LogP) is 2.72. The summed E-state index contributed by atoms with van der Waals surface area (Å²) in [7, 11) is 0. The van der Waals surface area contributed by atoms with Crippen molar-refractivity contribution in [2.24, 2.45) is 0 Å². The maximum absolute atomic E-state index is 4.22. The largest absolute Gasteiger partial charge is 0.252 e. The third kappa shape index (κ3) is 1.80. The molecule has 0 aliphatic rings. The number of hydrogen-bond donors (Lipinski definition) is 0. The van der Waals surface area contributed by atoms with Crippen LogP contribution in [-0.4, -0.2) is 15.0 Å². The van der Waals surface area contributed by atoms with Crippen LogP contribution in [0.2, 0.25) is 0 Å². The summed E-state index contributed by atoms with van der Waals surface area (Å²) < 4.78 is 0. The summed E-state index contributed by atoms with van der Waals surface area (Å²) in [5.74, 6) is 0.435. The highest BCUT2D eigenvalue weighted by atomic mass is 32.1. The Morgan fingerprint density at radius 2 is 2.14 bits per heavy atom. The molecule has 2 aromatic rings. The lowest BCUT2D eigenvalue weighted by atomic mass is 10.1. The Hall–Kier alpha value is -1.29. The van der Waals surface area contributed by atoms with E-state index in [1.54, 1.807) is 17.7 Å². The summed E-state index contributed by atoms with van der Waals surface area (Å²) in [6.45, 7) is 4.25. The molecule has 0 amide bonds. The molecule has 0 saturated heterocycles. The molecule has 0 N–H and O–H groups in total. The molecule has 4 heteroatoms. The van der Waals surface area contributed by atoms with Gasteiger partial charge in [-0.2, -0.15) is 0 Å². The van der Waals surface area contributed by atoms with Crippen molar-refractivity contribution >= 4 is 11.3 Å². The molecule has 2 aromatic heterocycles. The molecule has 3 nitrogen and oxygen atoms in total. The summed E-state index contributed by atoms with van der Waals surface area (Å²) in [4.78, 5) is 13.6. The summed E-state index contributed by atoms with van der Waals surface area (Å²) in [6, 6.07) is 2.03. The molecule has 14 heavy (non-hydrogen) atoms. The summed E-state index contributed by atoms with van der Waals surface area (Å²) in [5.41, 5.74) is 3.85. The second-order valence-electron chi connectivity index (χ2n) is 3.35. The van der Waals surface area contributed by atoms with Gasteiger partial charge in [0.15, 0.2) is 0 Å². The molecule has 0 aromatic carbocycles. The van der Waals surface area contributed by atoms with Crippen molar-refractivity contribution in [2.75, 3.05) is 0 Å². The molecule has 0 saturated carbocycles. The van der Waals surface area contributed by atoms with Crippen LogP contribution in [-0.2, 0) is 0 Å². The highest BCUT2D eigenvalue weighted by Gasteiger charge is 2.05. The summed E-state index contributed by atoms with van der Waals surface area (Å²) in [5, 5.41) is 0. The maximum Gasteiger partial charge on any atom is 0.116 e. The summed E-state index contributed by atoms with van der Waals surface area (Å²) >= 11 is 1.60.